The van der Waals surface area contributed by atoms with E-state index in [0.29, 0.717) is 6.54 Å². The molecule has 3 heteroatoms. The number of ether oxygens (including phenoxy) is 1. The van der Waals surface area contributed by atoms with Crippen molar-refractivity contribution in [2.75, 3.05) is 13.7 Å². The highest BCUT2D eigenvalue weighted by Crippen LogP contribution is 2.47. The number of rotatable bonds is 4. The highest BCUT2D eigenvalue weighted by atomic mass is 16.5. The Labute approximate surface area is 109 Å². The lowest BCUT2D eigenvalue weighted by Gasteiger charge is -2.33. The molecule has 0 radical (unpaired) electrons. The number of methoxy groups -OCH3 is 1. The highest BCUT2D eigenvalue weighted by molar-refractivity contribution is 5.37. The second-order valence-corrected chi connectivity index (χ2v) is 5.41. The van der Waals surface area contributed by atoms with Crippen molar-refractivity contribution < 1.29 is 9.84 Å². The molecule has 3 nitrogen and oxygen atoms in total. The van der Waals surface area contributed by atoms with Crippen LogP contribution in [0.4, 0.5) is 0 Å². The van der Waals surface area contributed by atoms with Gasteiger partial charge in [0, 0.05) is 12.0 Å². The molecule has 0 aliphatic heterocycles. The fraction of sp³-hybridized carbons (Fsp3) is 0.600. The van der Waals surface area contributed by atoms with Crippen molar-refractivity contribution in [3.8, 4) is 5.75 Å². The third-order valence-corrected chi connectivity index (χ3v) is 4.32. The third kappa shape index (κ3) is 2.25. The minimum atomic E-state index is -0.463. The van der Waals surface area contributed by atoms with Crippen LogP contribution < -0.4 is 10.5 Å². The zero-order valence-corrected chi connectivity index (χ0v) is 11.3. The van der Waals surface area contributed by atoms with Crippen LogP contribution in [0, 0.1) is 12.3 Å². The van der Waals surface area contributed by atoms with E-state index in [1.807, 2.05) is 25.1 Å². The maximum atomic E-state index is 10.6. The van der Waals surface area contributed by atoms with Crippen molar-refractivity contribution in [1.82, 2.24) is 0 Å². The van der Waals surface area contributed by atoms with Crippen LogP contribution in [-0.2, 0) is 0 Å². The smallest absolute Gasteiger partial charge is 0.121 e. The summed E-state index contributed by atoms with van der Waals surface area (Å²) in [6.45, 7) is 2.55. The number of hydrogen-bond acceptors (Lipinski definition) is 3. The molecule has 1 saturated carbocycles. The van der Waals surface area contributed by atoms with Crippen LogP contribution in [0.1, 0.15) is 42.9 Å². The largest absolute Gasteiger partial charge is 0.496 e. The van der Waals surface area contributed by atoms with Crippen LogP contribution in [-0.4, -0.2) is 18.8 Å². The van der Waals surface area contributed by atoms with Crippen LogP contribution in [0.3, 0.4) is 0 Å². The first-order valence-electron chi connectivity index (χ1n) is 6.65. The Hall–Kier alpha value is -1.06. The minimum Gasteiger partial charge on any atom is -0.496 e. The molecule has 100 valence electrons. The van der Waals surface area contributed by atoms with E-state index in [1.165, 1.54) is 12.8 Å². The standard InChI is InChI=1S/C15H23NO2/c1-11-9-12(5-6-13(11)18-2)14(17)15(10-16)7-3-4-8-15/h5-6,9,14,17H,3-4,7-8,10,16H2,1-2H3. The molecule has 0 saturated heterocycles. The summed E-state index contributed by atoms with van der Waals surface area (Å²) in [4.78, 5) is 0. The number of aryl methyl sites for hydroxylation is 1. The zero-order valence-electron chi connectivity index (χ0n) is 11.3. The van der Waals surface area contributed by atoms with E-state index in [1.54, 1.807) is 7.11 Å². The number of benzene rings is 1. The van der Waals surface area contributed by atoms with Crippen LogP contribution in [0.15, 0.2) is 18.2 Å². The van der Waals surface area contributed by atoms with Gasteiger partial charge in [0.25, 0.3) is 0 Å². The quantitative estimate of drug-likeness (QED) is 0.862. The highest BCUT2D eigenvalue weighted by Gasteiger charge is 2.40. The minimum absolute atomic E-state index is 0.124. The first-order valence-corrected chi connectivity index (χ1v) is 6.65. The Kier molecular flexibility index (Phi) is 3.93. The third-order valence-electron chi connectivity index (χ3n) is 4.32. The Morgan fingerprint density at radius 2 is 2.06 bits per heavy atom. The number of aliphatic hydroxyl groups is 1. The fourth-order valence-corrected chi connectivity index (χ4v) is 3.09. The first-order chi connectivity index (χ1) is 8.63. The number of hydrogen-bond donors (Lipinski definition) is 2. The summed E-state index contributed by atoms with van der Waals surface area (Å²) < 4.78 is 5.25. The Morgan fingerprint density at radius 1 is 1.39 bits per heavy atom. The monoisotopic (exact) mass is 249 g/mol. The molecule has 1 aromatic carbocycles. The molecule has 0 spiro atoms. The molecule has 1 atom stereocenters. The maximum Gasteiger partial charge on any atom is 0.121 e. The molecule has 2 rings (SSSR count). The van der Waals surface area contributed by atoms with Crippen LogP contribution in [0.25, 0.3) is 0 Å². The van der Waals surface area contributed by atoms with Crippen molar-refractivity contribution in [2.45, 2.75) is 38.7 Å². The lowest BCUT2D eigenvalue weighted by Crippen LogP contribution is -2.34. The molecule has 3 N–H and O–H groups in total. The summed E-state index contributed by atoms with van der Waals surface area (Å²) in [6.07, 6.45) is 3.92. The molecule has 1 unspecified atom stereocenters. The molecule has 1 fully saturated rings. The van der Waals surface area contributed by atoms with Crippen LogP contribution in [0.5, 0.6) is 5.75 Å². The molecule has 1 aliphatic carbocycles. The molecular formula is C15H23NO2. The second-order valence-electron chi connectivity index (χ2n) is 5.41. The van der Waals surface area contributed by atoms with E-state index in [4.69, 9.17) is 10.5 Å². The topological polar surface area (TPSA) is 55.5 Å². The van der Waals surface area contributed by atoms with Gasteiger partial charge in [-0.1, -0.05) is 18.9 Å². The van der Waals surface area contributed by atoms with Crippen molar-refractivity contribution in [3.05, 3.63) is 29.3 Å². The van der Waals surface area contributed by atoms with E-state index >= 15 is 0 Å². The summed E-state index contributed by atoms with van der Waals surface area (Å²) >= 11 is 0. The number of aliphatic hydroxyl groups excluding tert-OH is 1. The van der Waals surface area contributed by atoms with Gasteiger partial charge in [0.1, 0.15) is 5.75 Å². The van der Waals surface area contributed by atoms with Gasteiger partial charge < -0.3 is 15.6 Å². The SMILES string of the molecule is COc1ccc(C(O)C2(CN)CCCC2)cc1C. The maximum absolute atomic E-state index is 10.6. The predicted molar refractivity (Wildman–Crippen MR) is 72.6 cm³/mol. The average molecular weight is 249 g/mol. The fourth-order valence-electron chi connectivity index (χ4n) is 3.09. The normalized spacial score (nSPS) is 19.8. The van der Waals surface area contributed by atoms with E-state index in [2.05, 4.69) is 0 Å². The van der Waals surface area contributed by atoms with Gasteiger partial charge in [-0.05, 0) is 43.0 Å². The van der Waals surface area contributed by atoms with Gasteiger partial charge in [-0.25, -0.2) is 0 Å². The first kappa shape index (κ1) is 13.4. The van der Waals surface area contributed by atoms with Crippen molar-refractivity contribution in [1.29, 1.82) is 0 Å². The van der Waals surface area contributed by atoms with Crippen molar-refractivity contribution in [2.24, 2.45) is 11.1 Å². The van der Waals surface area contributed by atoms with E-state index < -0.39 is 6.10 Å². The average Bonchev–Trinajstić information content (AvgIpc) is 2.87. The van der Waals surface area contributed by atoms with Gasteiger partial charge in [0.2, 0.25) is 0 Å². The van der Waals surface area contributed by atoms with E-state index in [9.17, 15) is 5.11 Å². The van der Waals surface area contributed by atoms with Gasteiger partial charge in [-0.15, -0.1) is 0 Å². The summed E-state index contributed by atoms with van der Waals surface area (Å²) in [6, 6.07) is 5.89. The van der Waals surface area contributed by atoms with Gasteiger partial charge in [-0.2, -0.15) is 0 Å². The molecule has 0 amide bonds. The molecular weight excluding hydrogens is 226 g/mol. The molecule has 0 heterocycles. The van der Waals surface area contributed by atoms with Gasteiger partial charge in [-0.3, -0.25) is 0 Å². The summed E-state index contributed by atoms with van der Waals surface area (Å²) in [5, 5.41) is 10.6. The van der Waals surface area contributed by atoms with Gasteiger partial charge >= 0.3 is 0 Å². The Morgan fingerprint density at radius 3 is 2.56 bits per heavy atom. The van der Waals surface area contributed by atoms with E-state index in [0.717, 1.165) is 29.7 Å². The van der Waals surface area contributed by atoms with Crippen LogP contribution in [0.2, 0.25) is 0 Å². The summed E-state index contributed by atoms with van der Waals surface area (Å²) in [7, 11) is 1.66. The van der Waals surface area contributed by atoms with Crippen molar-refractivity contribution >= 4 is 0 Å². The van der Waals surface area contributed by atoms with Crippen molar-refractivity contribution in [3.63, 3.8) is 0 Å². The zero-order chi connectivity index (χ0) is 13.2. The van der Waals surface area contributed by atoms with Crippen LogP contribution >= 0.6 is 0 Å². The lowest BCUT2D eigenvalue weighted by atomic mass is 9.77. The Bertz CT molecular complexity index is 411. The molecule has 0 bridgehead atoms. The lowest BCUT2D eigenvalue weighted by molar-refractivity contribution is 0.0332. The van der Waals surface area contributed by atoms with Gasteiger partial charge in [0.15, 0.2) is 0 Å². The summed E-state index contributed by atoms with van der Waals surface area (Å²) in [5.41, 5.74) is 7.81. The predicted octanol–water partition coefficient (Wildman–Crippen LogP) is 2.56. The molecule has 0 aromatic heterocycles. The van der Waals surface area contributed by atoms with Gasteiger partial charge in [0.05, 0.1) is 13.2 Å². The Balaban J connectivity index is 2.27. The second kappa shape index (κ2) is 5.29. The molecule has 1 aliphatic rings. The number of nitrogens with two attached hydrogens (primary N) is 1. The molecule has 18 heavy (non-hydrogen) atoms. The van der Waals surface area contributed by atoms with E-state index in [-0.39, 0.29) is 5.41 Å². The summed E-state index contributed by atoms with van der Waals surface area (Å²) in [5.74, 6) is 0.860. The molecule has 1 aromatic rings.